The van der Waals surface area contributed by atoms with Gasteiger partial charge in [-0.3, -0.25) is 9.59 Å². The van der Waals surface area contributed by atoms with Gasteiger partial charge in [0.2, 0.25) is 5.91 Å². The molecule has 2 aromatic rings. The first-order chi connectivity index (χ1) is 11.9. The minimum absolute atomic E-state index is 0.0742. The molecule has 0 unspecified atom stereocenters. The predicted octanol–water partition coefficient (Wildman–Crippen LogP) is 3.83. The number of amides is 2. The summed E-state index contributed by atoms with van der Waals surface area (Å²) in [4.78, 5) is 29.0. The first-order valence-electron chi connectivity index (χ1n) is 8.34. The number of hydrogen-bond acceptors (Lipinski definition) is 2. The Kier molecular flexibility index (Phi) is 4.82. The predicted molar refractivity (Wildman–Crippen MR) is 100 cm³/mol. The monoisotopic (exact) mass is 356 g/mol. The molecule has 1 atom stereocenters. The van der Waals surface area contributed by atoms with Crippen LogP contribution < -0.4 is 4.90 Å². The van der Waals surface area contributed by atoms with Crippen LogP contribution in [-0.4, -0.2) is 35.8 Å². The van der Waals surface area contributed by atoms with E-state index in [0.29, 0.717) is 23.7 Å². The van der Waals surface area contributed by atoms with Crippen molar-refractivity contribution >= 4 is 29.1 Å². The smallest absolute Gasteiger partial charge is 0.256 e. The van der Waals surface area contributed by atoms with Crippen LogP contribution in [0.25, 0.3) is 0 Å². The van der Waals surface area contributed by atoms with Crippen LogP contribution in [0.5, 0.6) is 0 Å². The van der Waals surface area contributed by atoms with Gasteiger partial charge in [0.15, 0.2) is 0 Å². The second-order valence-electron chi connectivity index (χ2n) is 6.41. The van der Waals surface area contributed by atoms with E-state index in [1.807, 2.05) is 32.0 Å². The summed E-state index contributed by atoms with van der Waals surface area (Å²) in [5, 5.41) is 0.406. The van der Waals surface area contributed by atoms with Crippen LogP contribution >= 0.6 is 11.6 Å². The fraction of sp³-hybridized carbons (Fsp3) is 0.300. The highest BCUT2D eigenvalue weighted by Crippen LogP contribution is 2.25. The number of carbonyl (C=O) groups is 2. The molecule has 1 fully saturated rings. The molecule has 0 bridgehead atoms. The van der Waals surface area contributed by atoms with Crippen molar-refractivity contribution in [3.8, 4) is 0 Å². The third-order valence-electron chi connectivity index (χ3n) is 4.82. The van der Waals surface area contributed by atoms with Crippen molar-refractivity contribution in [2.75, 3.05) is 18.0 Å². The van der Waals surface area contributed by atoms with Crippen molar-refractivity contribution in [2.45, 2.75) is 26.8 Å². The van der Waals surface area contributed by atoms with Crippen LogP contribution in [0.15, 0.2) is 42.5 Å². The zero-order chi connectivity index (χ0) is 18.1. The Morgan fingerprint density at radius 3 is 2.48 bits per heavy atom. The SMILES string of the molecule is Cc1ccc(N2CCN(C(=O)c3ccccc3Cl)[C@@H](C)C2=O)cc1C. The van der Waals surface area contributed by atoms with E-state index >= 15 is 0 Å². The van der Waals surface area contributed by atoms with E-state index in [0.717, 1.165) is 11.3 Å². The van der Waals surface area contributed by atoms with Crippen LogP contribution in [0.4, 0.5) is 5.69 Å². The van der Waals surface area contributed by atoms with Gasteiger partial charge < -0.3 is 9.80 Å². The lowest BCUT2D eigenvalue weighted by Gasteiger charge is -2.39. The standard InChI is InChI=1S/C20H21ClN2O2/c1-13-8-9-16(12-14(13)2)23-11-10-22(15(3)19(23)24)20(25)17-6-4-5-7-18(17)21/h4-9,12,15H,10-11H2,1-3H3/t15-/m0/s1. The van der Waals surface area contributed by atoms with Gasteiger partial charge in [0, 0.05) is 18.8 Å². The van der Waals surface area contributed by atoms with Crippen LogP contribution in [0.2, 0.25) is 5.02 Å². The molecule has 2 amide bonds. The highest BCUT2D eigenvalue weighted by molar-refractivity contribution is 6.33. The van der Waals surface area contributed by atoms with Gasteiger partial charge in [0.25, 0.3) is 5.91 Å². The lowest BCUT2D eigenvalue weighted by atomic mass is 10.1. The third kappa shape index (κ3) is 3.27. The average Bonchev–Trinajstić information content (AvgIpc) is 2.60. The lowest BCUT2D eigenvalue weighted by Crippen LogP contribution is -2.57. The number of piperazine rings is 1. The molecule has 5 heteroatoms. The van der Waals surface area contributed by atoms with Gasteiger partial charge in [-0.05, 0) is 56.2 Å². The van der Waals surface area contributed by atoms with Gasteiger partial charge in [-0.25, -0.2) is 0 Å². The van der Waals surface area contributed by atoms with E-state index < -0.39 is 6.04 Å². The molecule has 0 radical (unpaired) electrons. The fourth-order valence-corrected chi connectivity index (χ4v) is 3.30. The highest BCUT2D eigenvalue weighted by Gasteiger charge is 2.35. The zero-order valence-electron chi connectivity index (χ0n) is 14.6. The number of hydrogen-bond donors (Lipinski definition) is 0. The van der Waals surface area contributed by atoms with Crippen molar-refractivity contribution < 1.29 is 9.59 Å². The fourth-order valence-electron chi connectivity index (χ4n) is 3.09. The lowest BCUT2D eigenvalue weighted by molar-refractivity contribution is -0.124. The molecular formula is C20H21ClN2O2. The van der Waals surface area contributed by atoms with Gasteiger partial charge >= 0.3 is 0 Å². The van der Waals surface area contributed by atoms with Gasteiger partial charge in [0.05, 0.1) is 10.6 Å². The van der Waals surface area contributed by atoms with Crippen molar-refractivity contribution in [2.24, 2.45) is 0 Å². The van der Waals surface area contributed by atoms with Crippen molar-refractivity contribution in [3.05, 3.63) is 64.2 Å². The van der Waals surface area contributed by atoms with Crippen LogP contribution in [0.1, 0.15) is 28.4 Å². The molecule has 0 spiro atoms. The van der Waals surface area contributed by atoms with Gasteiger partial charge in [-0.1, -0.05) is 29.8 Å². The minimum Gasteiger partial charge on any atom is -0.325 e. The number of benzene rings is 2. The van der Waals surface area contributed by atoms with Gasteiger partial charge in [0.1, 0.15) is 6.04 Å². The summed E-state index contributed by atoms with van der Waals surface area (Å²) >= 11 is 6.14. The maximum atomic E-state index is 12.9. The summed E-state index contributed by atoms with van der Waals surface area (Å²) in [5.74, 6) is -0.277. The molecule has 0 saturated carbocycles. The topological polar surface area (TPSA) is 40.6 Å². The molecule has 1 aliphatic rings. The normalized spacial score (nSPS) is 17.8. The highest BCUT2D eigenvalue weighted by atomic mass is 35.5. The Morgan fingerprint density at radius 1 is 1.08 bits per heavy atom. The van der Waals surface area contributed by atoms with Gasteiger partial charge in [-0.15, -0.1) is 0 Å². The summed E-state index contributed by atoms with van der Waals surface area (Å²) in [5.41, 5.74) is 3.65. The van der Waals surface area contributed by atoms with Crippen molar-refractivity contribution in [1.29, 1.82) is 0 Å². The molecule has 3 rings (SSSR count). The number of nitrogens with zero attached hydrogens (tertiary/aromatic N) is 2. The molecule has 4 nitrogen and oxygen atoms in total. The molecule has 2 aromatic carbocycles. The quantitative estimate of drug-likeness (QED) is 0.820. The molecular weight excluding hydrogens is 336 g/mol. The van der Waals surface area contributed by atoms with Crippen molar-refractivity contribution in [3.63, 3.8) is 0 Å². The van der Waals surface area contributed by atoms with Crippen molar-refractivity contribution in [1.82, 2.24) is 4.90 Å². The summed E-state index contributed by atoms with van der Waals surface area (Å²) in [7, 11) is 0. The molecule has 0 aliphatic carbocycles. The van der Waals surface area contributed by atoms with E-state index in [1.165, 1.54) is 5.56 Å². The maximum Gasteiger partial charge on any atom is 0.256 e. The Balaban J connectivity index is 1.83. The molecule has 0 N–H and O–H groups in total. The summed E-state index contributed by atoms with van der Waals surface area (Å²) in [6.45, 7) is 6.80. The minimum atomic E-state index is -0.529. The largest absolute Gasteiger partial charge is 0.325 e. The number of rotatable bonds is 2. The summed E-state index contributed by atoms with van der Waals surface area (Å²) < 4.78 is 0. The first kappa shape index (κ1) is 17.5. The third-order valence-corrected chi connectivity index (χ3v) is 5.15. The molecule has 1 aliphatic heterocycles. The summed E-state index contributed by atoms with van der Waals surface area (Å²) in [6.07, 6.45) is 0. The van der Waals surface area contributed by atoms with Crippen LogP contribution in [0.3, 0.4) is 0 Å². The number of aryl methyl sites for hydroxylation is 2. The van der Waals surface area contributed by atoms with Crippen LogP contribution in [-0.2, 0) is 4.79 Å². The van der Waals surface area contributed by atoms with Gasteiger partial charge in [-0.2, -0.15) is 0 Å². The van der Waals surface area contributed by atoms with E-state index in [9.17, 15) is 9.59 Å². The molecule has 1 heterocycles. The van der Waals surface area contributed by atoms with E-state index in [4.69, 9.17) is 11.6 Å². The Morgan fingerprint density at radius 2 is 1.80 bits per heavy atom. The molecule has 1 saturated heterocycles. The number of anilines is 1. The second-order valence-corrected chi connectivity index (χ2v) is 6.82. The number of halogens is 1. The van der Waals surface area contributed by atoms with E-state index in [1.54, 1.807) is 41.0 Å². The average molecular weight is 357 g/mol. The Labute approximate surface area is 153 Å². The van der Waals surface area contributed by atoms with E-state index in [2.05, 4.69) is 0 Å². The zero-order valence-corrected chi connectivity index (χ0v) is 15.4. The Hall–Kier alpha value is -2.33. The maximum absolute atomic E-state index is 12.9. The second kappa shape index (κ2) is 6.89. The summed E-state index contributed by atoms with van der Waals surface area (Å²) in [6, 6.07) is 12.4. The van der Waals surface area contributed by atoms with Crippen LogP contribution in [0, 0.1) is 13.8 Å². The number of carbonyl (C=O) groups excluding carboxylic acids is 2. The first-order valence-corrected chi connectivity index (χ1v) is 8.72. The Bertz CT molecular complexity index is 834. The molecule has 0 aromatic heterocycles. The molecule has 25 heavy (non-hydrogen) atoms. The molecule has 130 valence electrons. The van der Waals surface area contributed by atoms with E-state index in [-0.39, 0.29) is 11.8 Å².